The number of aromatic amines is 1. The Hall–Kier alpha value is -4.03. The quantitative estimate of drug-likeness (QED) is 0.183. The van der Waals surface area contributed by atoms with Crippen molar-refractivity contribution in [2.45, 2.75) is 33.6 Å². The lowest BCUT2D eigenvalue weighted by Crippen LogP contribution is -2.29. The van der Waals surface area contributed by atoms with Crippen LogP contribution in [-0.2, 0) is 11.2 Å². The fourth-order valence-corrected chi connectivity index (χ4v) is 6.18. The average Bonchev–Trinajstić information content (AvgIpc) is 3.60. The topological polar surface area (TPSA) is 72.0 Å². The Labute approximate surface area is 231 Å². The molecule has 1 atom stereocenters. The number of ketones is 1. The standard InChI is InChI=1S/C33H30N2O3S/c1-33(2,3)21-15-20(16-22-9-8-14-39-22)31-25(17-21)30(24-11-5-7-13-28(24)35-31)32(37)38-19-29(36)26-18-34-27-12-6-4-10-23(26)27/h4-14,16,18,21,34H,15,17,19H2,1-3H3/b20-16+. The highest BCUT2D eigenvalue weighted by Gasteiger charge is 2.35. The van der Waals surface area contributed by atoms with Crippen LogP contribution in [0.3, 0.4) is 0 Å². The van der Waals surface area contributed by atoms with Gasteiger partial charge in [0.05, 0.1) is 16.8 Å². The maximum absolute atomic E-state index is 13.8. The Morgan fingerprint density at radius 2 is 1.79 bits per heavy atom. The summed E-state index contributed by atoms with van der Waals surface area (Å²) in [5.41, 5.74) is 5.60. The normalized spacial score (nSPS) is 16.5. The molecule has 6 heteroatoms. The summed E-state index contributed by atoms with van der Waals surface area (Å²) >= 11 is 1.69. The van der Waals surface area contributed by atoms with Gasteiger partial charge in [0.25, 0.3) is 0 Å². The van der Waals surface area contributed by atoms with Crippen LogP contribution in [0.15, 0.2) is 72.2 Å². The van der Waals surface area contributed by atoms with E-state index in [9.17, 15) is 9.59 Å². The molecule has 2 aromatic carbocycles. The molecular weight excluding hydrogens is 504 g/mol. The van der Waals surface area contributed by atoms with Crippen LogP contribution in [0.4, 0.5) is 0 Å². The summed E-state index contributed by atoms with van der Waals surface area (Å²) in [5.74, 6) is -0.402. The Balaban J connectivity index is 1.41. The van der Waals surface area contributed by atoms with Crippen LogP contribution in [0.5, 0.6) is 0 Å². The molecule has 3 heterocycles. The van der Waals surface area contributed by atoms with E-state index in [1.54, 1.807) is 17.5 Å². The SMILES string of the molecule is CC(C)(C)C1C/C(=C\c2cccs2)c2nc3ccccc3c(C(=O)OCC(=O)c3c[nH]c4ccccc34)c2C1. The number of pyridine rings is 1. The van der Waals surface area contributed by atoms with Crippen LogP contribution < -0.4 is 0 Å². The summed E-state index contributed by atoms with van der Waals surface area (Å²) in [7, 11) is 0. The van der Waals surface area contributed by atoms with Crippen molar-refractivity contribution in [2.75, 3.05) is 6.61 Å². The monoisotopic (exact) mass is 534 g/mol. The first-order chi connectivity index (χ1) is 18.8. The molecule has 0 saturated carbocycles. The first-order valence-corrected chi connectivity index (χ1v) is 14.1. The number of benzene rings is 2. The first kappa shape index (κ1) is 25.3. The molecule has 0 amide bonds. The number of hydrogen-bond donors (Lipinski definition) is 1. The van der Waals surface area contributed by atoms with Crippen molar-refractivity contribution in [3.8, 4) is 0 Å². The summed E-state index contributed by atoms with van der Waals surface area (Å²) in [6.07, 6.45) is 5.49. The highest BCUT2D eigenvalue weighted by atomic mass is 32.1. The van der Waals surface area contributed by atoms with Gasteiger partial charge in [-0.1, -0.05) is 63.2 Å². The van der Waals surface area contributed by atoms with E-state index in [1.165, 1.54) is 0 Å². The molecule has 0 fully saturated rings. The number of thiophene rings is 1. The number of Topliss-reactive ketones (excluding diaryl/α,β-unsaturated/α-hetero) is 1. The predicted molar refractivity (Wildman–Crippen MR) is 158 cm³/mol. The molecule has 0 radical (unpaired) electrons. The number of H-pyrrole nitrogens is 1. The molecule has 5 nitrogen and oxygen atoms in total. The minimum absolute atomic E-state index is 0.0321. The molecule has 196 valence electrons. The van der Waals surface area contributed by atoms with Gasteiger partial charge in [0.15, 0.2) is 6.61 Å². The van der Waals surface area contributed by atoms with Gasteiger partial charge in [-0.3, -0.25) is 4.79 Å². The van der Waals surface area contributed by atoms with Gasteiger partial charge in [-0.25, -0.2) is 9.78 Å². The fourth-order valence-electron chi connectivity index (χ4n) is 5.50. The molecule has 1 aliphatic rings. The zero-order valence-corrected chi connectivity index (χ0v) is 23.1. The van der Waals surface area contributed by atoms with Crippen molar-refractivity contribution in [1.29, 1.82) is 0 Å². The third-order valence-corrected chi connectivity index (χ3v) is 8.55. The number of rotatable bonds is 5. The molecule has 6 rings (SSSR count). The molecule has 5 aromatic rings. The smallest absolute Gasteiger partial charge is 0.339 e. The van der Waals surface area contributed by atoms with Gasteiger partial charge in [-0.05, 0) is 65.0 Å². The summed E-state index contributed by atoms with van der Waals surface area (Å²) in [6, 6.07) is 19.5. The number of carbonyl (C=O) groups excluding carboxylic acids is 2. The first-order valence-electron chi connectivity index (χ1n) is 13.2. The van der Waals surface area contributed by atoms with Crippen molar-refractivity contribution in [3.05, 3.63) is 99.5 Å². The molecule has 3 aromatic heterocycles. The summed E-state index contributed by atoms with van der Waals surface area (Å²) in [4.78, 5) is 36.3. The second-order valence-corrected chi connectivity index (χ2v) is 12.2. The molecule has 1 unspecified atom stereocenters. The van der Waals surface area contributed by atoms with Gasteiger partial charge >= 0.3 is 5.97 Å². The van der Waals surface area contributed by atoms with Crippen molar-refractivity contribution in [2.24, 2.45) is 11.3 Å². The lowest BCUT2D eigenvalue weighted by molar-refractivity contribution is 0.0475. The molecule has 0 bridgehead atoms. The van der Waals surface area contributed by atoms with Crippen molar-refractivity contribution in [3.63, 3.8) is 0 Å². The van der Waals surface area contributed by atoms with Gasteiger partial charge in [-0.15, -0.1) is 11.3 Å². The maximum atomic E-state index is 13.8. The highest BCUT2D eigenvalue weighted by molar-refractivity contribution is 7.10. The Kier molecular flexibility index (Phi) is 6.43. The number of hydrogen-bond acceptors (Lipinski definition) is 5. The highest BCUT2D eigenvalue weighted by Crippen LogP contribution is 2.45. The van der Waals surface area contributed by atoms with E-state index in [-0.39, 0.29) is 17.8 Å². The van der Waals surface area contributed by atoms with Crippen LogP contribution in [0, 0.1) is 11.3 Å². The summed E-state index contributed by atoms with van der Waals surface area (Å²) in [5, 5.41) is 3.64. The van der Waals surface area contributed by atoms with E-state index in [1.807, 2.05) is 54.6 Å². The van der Waals surface area contributed by atoms with E-state index >= 15 is 0 Å². The van der Waals surface area contributed by atoms with E-state index in [2.05, 4.69) is 43.3 Å². The zero-order chi connectivity index (χ0) is 27.1. The minimum atomic E-state index is -0.483. The van der Waals surface area contributed by atoms with E-state index in [0.717, 1.165) is 56.4 Å². The number of nitrogens with zero attached hydrogens (tertiary/aromatic N) is 1. The van der Waals surface area contributed by atoms with Crippen LogP contribution in [0.1, 0.15) is 64.0 Å². The largest absolute Gasteiger partial charge is 0.454 e. The predicted octanol–water partition coefficient (Wildman–Crippen LogP) is 7.97. The second kappa shape index (κ2) is 9.93. The second-order valence-electron chi connectivity index (χ2n) is 11.2. The number of nitrogens with one attached hydrogen (secondary N) is 1. The number of allylic oxidation sites excluding steroid dienone is 1. The number of ether oxygens (including phenoxy) is 1. The Morgan fingerprint density at radius 3 is 2.56 bits per heavy atom. The van der Waals surface area contributed by atoms with E-state index < -0.39 is 5.97 Å². The molecule has 0 saturated heterocycles. The van der Waals surface area contributed by atoms with Crippen molar-refractivity contribution in [1.82, 2.24) is 9.97 Å². The summed E-state index contributed by atoms with van der Waals surface area (Å²) in [6.45, 7) is 6.42. The third-order valence-electron chi connectivity index (χ3n) is 7.73. The van der Waals surface area contributed by atoms with Gasteiger partial charge in [0.2, 0.25) is 5.78 Å². The van der Waals surface area contributed by atoms with E-state index in [0.29, 0.717) is 17.0 Å². The van der Waals surface area contributed by atoms with Crippen molar-refractivity contribution < 1.29 is 14.3 Å². The number of carbonyl (C=O) groups is 2. The lowest BCUT2D eigenvalue weighted by atomic mass is 9.69. The van der Waals surface area contributed by atoms with Crippen LogP contribution >= 0.6 is 11.3 Å². The van der Waals surface area contributed by atoms with Gasteiger partial charge in [0.1, 0.15) is 0 Å². The molecule has 0 spiro atoms. The zero-order valence-electron chi connectivity index (χ0n) is 22.3. The molecular formula is C33H30N2O3S. The minimum Gasteiger partial charge on any atom is -0.454 e. The van der Waals surface area contributed by atoms with E-state index in [4.69, 9.17) is 9.72 Å². The number of aromatic nitrogens is 2. The van der Waals surface area contributed by atoms with Crippen LogP contribution in [0.2, 0.25) is 0 Å². The summed E-state index contributed by atoms with van der Waals surface area (Å²) < 4.78 is 5.75. The van der Waals surface area contributed by atoms with Gasteiger partial charge in [-0.2, -0.15) is 0 Å². The Bertz CT molecular complexity index is 1740. The average molecular weight is 535 g/mol. The van der Waals surface area contributed by atoms with Crippen LogP contribution in [0.25, 0.3) is 33.5 Å². The number of fused-ring (bicyclic) bond motifs is 3. The third kappa shape index (κ3) is 4.81. The fraction of sp³-hybridized carbons (Fsp3) is 0.242. The molecule has 39 heavy (non-hydrogen) atoms. The van der Waals surface area contributed by atoms with Gasteiger partial charge < -0.3 is 9.72 Å². The molecule has 0 aliphatic heterocycles. The number of para-hydroxylation sites is 2. The number of esters is 1. The molecule has 1 aliphatic carbocycles. The maximum Gasteiger partial charge on any atom is 0.339 e. The van der Waals surface area contributed by atoms with Crippen molar-refractivity contribution >= 4 is 56.5 Å². The Morgan fingerprint density at radius 1 is 1.03 bits per heavy atom. The lowest BCUT2D eigenvalue weighted by Gasteiger charge is -2.36. The van der Waals surface area contributed by atoms with Crippen LogP contribution in [-0.4, -0.2) is 28.3 Å². The van der Waals surface area contributed by atoms with Gasteiger partial charge in [0, 0.05) is 32.9 Å². The molecule has 1 N–H and O–H groups in total.